The Morgan fingerprint density at radius 2 is 1.84 bits per heavy atom. The van der Waals surface area contributed by atoms with Gasteiger partial charge in [0, 0.05) is 23.5 Å². The van der Waals surface area contributed by atoms with E-state index in [0.717, 1.165) is 23.4 Å². The van der Waals surface area contributed by atoms with Crippen LogP contribution in [-0.4, -0.2) is 18.4 Å². The van der Waals surface area contributed by atoms with Crippen molar-refractivity contribution >= 4 is 34.5 Å². The number of hydrogen-bond acceptors (Lipinski definition) is 3. The average Bonchev–Trinajstić information content (AvgIpc) is 3.31. The topological polar surface area (TPSA) is 49.4 Å². The van der Waals surface area contributed by atoms with Crippen LogP contribution in [0.2, 0.25) is 0 Å². The second kappa shape index (κ2) is 6.53. The molecule has 1 aromatic heterocycles. The lowest BCUT2D eigenvalue weighted by molar-refractivity contribution is 0.0987. The van der Waals surface area contributed by atoms with Gasteiger partial charge in [-0.15, -0.1) is 11.3 Å². The summed E-state index contributed by atoms with van der Waals surface area (Å²) in [5, 5.41) is 4.80. The summed E-state index contributed by atoms with van der Waals surface area (Å²) in [6.45, 7) is 0.658. The third-order valence-electron chi connectivity index (χ3n) is 4.24. The molecule has 0 aliphatic carbocycles. The molecule has 25 heavy (non-hydrogen) atoms. The second-order valence-electron chi connectivity index (χ2n) is 5.85. The Kier molecular flexibility index (Phi) is 4.07. The molecule has 2 aromatic carbocycles. The van der Waals surface area contributed by atoms with Crippen molar-refractivity contribution in [3.63, 3.8) is 0 Å². The van der Waals surface area contributed by atoms with Crippen LogP contribution in [0.4, 0.5) is 11.4 Å². The Morgan fingerprint density at radius 1 is 1.00 bits per heavy atom. The molecule has 0 spiro atoms. The van der Waals surface area contributed by atoms with Gasteiger partial charge in [0.05, 0.1) is 4.88 Å². The van der Waals surface area contributed by atoms with Crippen LogP contribution < -0.4 is 10.2 Å². The minimum absolute atomic E-state index is 0.00900. The highest BCUT2D eigenvalue weighted by Gasteiger charge is 2.25. The molecular formula is C20H16N2O2S. The molecule has 0 unspecified atom stereocenters. The van der Waals surface area contributed by atoms with Crippen molar-refractivity contribution in [1.82, 2.24) is 0 Å². The minimum atomic E-state index is -0.106. The van der Waals surface area contributed by atoms with Gasteiger partial charge in [-0.3, -0.25) is 9.59 Å². The van der Waals surface area contributed by atoms with Crippen LogP contribution in [0.3, 0.4) is 0 Å². The maximum Gasteiger partial charge on any atom is 0.265 e. The Hall–Kier alpha value is -2.92. The Balaban J connectivity index is 1.54. The highest BCUT2D eigenvalue weighted by Crippen LogP contribution is 2.31. The summed E-state index contributed by atoms with van der Waals surface area (Å²) in [7, 11) is 0. The Bertz CT molecular complexity index is 920. The van der Waals surface area contributed by atoms with Gasteiger partial charge in [-0.2, -0.15) is 0 Å². The molecule has 2 heterocycles. The monoisotopic (exact) mass is 348 g/mol. The van der Waals surface area contributed by atoms with Crippen LogP contribution in [-0.2, 0) is 6.42 Å². The third-order valence-corrected chi connectivity index (χ3v) is 5.11. The predicted molar refractivity (Wildman–Crippen MR) is 101 cm³/mol. The zero-order chi connectivity index (χ0) is 17.2. The average molecular weight is 348 g/mol. The van der Waals surface area contributed by atoms with Gasteiger partial charge in [-0.25, -0.2) is 0 Å². The number of fused-ring (bicyclic) bond motifs is 1. The molecule has 2 amide bonds. The number of anilines is 2. The number of thiophene rings is 1. The number of nitrogens with one attached hydrogen (secondary N) is 1. The molecule has 4 rings (SSSR count). The molecule has 3 aromatic rings. The minimum Gasteiger partial charge on any atom is -0.321 e. The van der Waals surface area contributed by atoms with Gasteiger partial charge < -0.3 is 10.2 Å². The van der Waals surface area contributed by atoms with E-state index < -0.39 is 0 Å². The summed E-state index contributed by atoms with van der Waals surface area (Å²) in [4.78, 5) is 27.3. The van der Waals surface area contributed by atoms with E-state index in [2.05, 4.69) is 5.32 Å². The van der Waals surface area contributed by atoms with Crippen LogP contribution in [0.15, 0.2) is 66.0 Å². The van der Waals surface area contributed by atoms with E-state index in [9.17, 15) is 9.59 Å². The van der Waals surface area contributed by atoms with Crippen molar-refractivity contribution in [2.75, 3.05) is 16.8 Å². The lowest BCUT2D eigenvalue weighted by Crippen LogP contribution is -2.28. The van der Waals surface area contributed by atoms with Gasteiger partial charge in [0.2, 0.25) is 0 Å². The quantitative estimate of drug-likeness (QED) is 0.771. The van der Waals surface area contributed by atoms with Crippen LogP contribution in [0.5, 0.6) is 0 Å². The van der Waals surface area contributed by atoms with E-state index in [1.807, 2.05) is 60.0 Å². The molecule has 5 heteroatoms. The highest BCUT2D eigenvalue weighted by atomic mass is 32.1. The normalized spacial score (nSPS) is 12.7. The van der Waals surface area contributed by atoms with E-state index in [1.165, 1.54) is 11.3 Å². The smallest absolute Gasteiger partial charge is 0.265 e. The fourth-order valence-corrected chi connectivity index (χ4v) is 3.65. The van der Waals surface area contributed by atoms with Crippen LogP contribution in [0.1, 0.15) is 25.6 Å². The largest absolute Gasteiger partial charge is 0.321 e. The lowest BCUT2D eigenvalue weighted by atomic mass is 10.1. The molecular weight excluding hydrogens is 332 g/mol. The number of hydrogen-bond donors (Lipinski definition) is 1. The van der Waals surface area contributed by atoms with Crippen molar-refractivity contribution in [2.45, 2.75) is 6.42 Å². The summed E-state index contributed by atoms with van der Waals surface area (Å²) in [6, 6.07) is 18.7. The first kappa shape index (κ1) is 15.6. The summed E-state index contributed by atoms with van der Waals surface area (Å²) >= 11 is 1.41. The molecule has 4 nitrogen and oxygen atoms in total. The number of nitrogens with zero attached hydrogens (tertiary/aromatic N) is 1. The van der Waals surface area contributed by atoms with Gasteiger partial charge >= 0.3 is 0 Å². The maximum absolute atomic E-state index is 12.7. The molecule has 0 bridgehead atoms. The lowest BCUT2D eigenvalue weighted by Gasteiger charge is -2.17. The van der Waals surface area contributed by atoms with Gasteiger partial charge in [-0.1, -0.05) is 24.3 Å². The summed E-state index contributed by atoms with van der Waals surface area (Å²) in [5.74, 6) is -0.0973. The fraction of sp³-hybridized carbons (Fsp3) is 0.100. The van der Waals surface area contributed by atoms with Crippen LogP contribution in [0.25, 0.3) is 0 Å². The van der Waals surface area contributed by atoms with Crippen molar-refractivity contribution < 1.29 is 9.59 Å². The Morgan fingerprint density at radius 3 is 2.60 bits per heavy atom. The zero-order valence-electron chi connectivity index (χ0n) is 13.4. The second-order valence-corrected chi connectivity index (χ2v) is 6.80. The first-order valence-electron chi connectivity index (χ1n) is 8.07. The maximum atomic E-state index is 12.7. The number of carbonyl (C=O) groups excluding carboxylic acids is 2. The summed E-state index contributed by atoms with van der Waals surface area (Å²) < 4.78 is 0. The SMILES string of the molecule is O=C(Nc1ccc2c(c1)CCN2C(=O)c1ccccc1)c1cccs1. The molecule has 124 valence electrons. The van der Waals surface area contributed by atoms with Crippen molar-refractivity contribution in [3.05, 3.63) is 82.0 Å². The zero-order valence-corrected chi connectivity index (χ0v) is 14.3. The van der Waals surface area contributed by atoms with Crippen LogP contribution in [0, 0.1) is 0 Å². The summed E-state index contributed by atoms with van der Waals surface area (Å²) in [5.41, 5.74) is 3.44. The molecule has 1 N–H and O–H groups in total. The number of rotatable bonds is 3. The molecule has 0 saturated heterocycles. The van der Waals surface area contributed by atoms with E-state index in [1.54, 1.807) is 11.0 Å². The molecule has 0 atom stereocenters. The Labute approximate surface area is 149 Å². The predicted octanol–water partition coefficient (Wildman–Crippen LogP) is 4.20. The van der Waals surface area contributed by atoms with E-state index in [0.29, 0.717) is 17.0 Å². The number of carbonyl (C=O) groups is 2. The van der Waals surface area contributed by atoms with Crippen molar-refractivity contribution in [1.29, 1.82) is 0 Å². The number of benzene rings is 2. The molecule has 0 fully saturated rings. The number of amides is 2. The van der Waals surface area contributed by atoms with Gasteiger partial charge in [-0.05, 0) is 53.8 Å². The summed E-state index contributed by atoms with van der Waals surface area (Å²) in [6.07, 6.45) is 0.788. The first-order valence-corrected chi connectivity index (χ1v) is 8.95. The van der Waals surface area contributed by atoms with E-state index in [4.69, 9.17) is 0 Å². The molecule has 0 saturated carbocycles. The van der Waals surface area contributed by atoms with Gasteiger partial charge in [0.15, 0.2) is 0 Å². The third kappa shape index (κ3) is 3.06. The van der Waals surface area contributed by atoms with Gasteiger partial charge in [0.25, 0.3) is 11.8 Å². The highest BCUT2D eigenvalue weighted by molar-refractivity contribution is 7.12. The van der Waals surface area contributed by atoms with Gasteiger partial charge in [0.1, 0.15) is 0 Å². The fourth-order valence-electron chi connectivity index (χ4n) is 3.03. The standard InChI is InChI=1S/C20H16N2O2S/c23-19(18-7-4-12-25-18)21-16-8-9-17-15(13-16)10-11-22(17)20(24)14-5-2-1-3-6-14/h1-9,12-13H,10-11H2,(H,21,23). The van der Waals surface area contributed by atoms with Crippen LogP contribution >= 0.6 is 11.3 Å². The molecule has 1 aliphatic rings. The van der Waals surface area contributed by atoms with Crippen molar-refractivity contribution in [2.24, 2.45) is 0 Å². The molecule has 0 radical (unpaired) electrons. The van der Waals surface area contributed by atoms with Crippen molar-refractivity contribution in [3.8, 4) is 0 Å². The molecule has 1 aliphatic heterocycles. The van der Waals surface area contributed by atoms with E-state index >= 15 is 0 Å². The first-order chi connectivity index (χ1) is 12.2. The van der Waals surface area contributed by atoms with E-state index in [-0.39, 0.29) is 11.8 Å².